The molecule has 4 rings (SSSR count). The van der Waals surface area contributed by atoms with E-state index in [2.05, 4.69) is 15.5 Å². The number of ether oxygens (including phenoxy) is 1. The topological polar surface area (TPSA) is 94.3 Å². The Labute approximate surface area is 230 Å². The van der Waals surface area contributed by atoms with Gasteiger partial charge in [-0.25, -0.2) is 4.39 Å². The largest absolute Gasteiger partial charge is 0.444 e. The molecular formula is C28H20ClF4N3O4. The Morgan fingerprint density at radius 1 is 1.12 bits per heavy atom. The zero-order valence-corrected chi connectivity index (χ0v) is 21.5. The number of carbonyl (C=O) groups excluding carboxylic acids is 2. The van der Waals surface area contributed by atoms with E-state index < -0.39 is 34.7 Å². The number of nitrogens with one attached hydrogen (secondary N) is 1. The van der Waals surface area contributed by atoms with E-state index >= 15 is 0 Å². The third-order valence-electron chi connectivity index (χ3n) is 5.67. The van der Waals surface area contributed by atoms with Crippen molar-refractivity contribution in [1.29, 1.82) is 0 Å². The Morgan fingerprint density at radius 3 is 2.55 bits per heavy atom. The van der Waals surface area contributed by atoms with Crippen molar-refractivity contribution in [2.75, 3.05) is 0 Å². The van der Waals surface area contributed by atoms with E-state index in [-0.39, 0.29) is 35.7 Å². The minimum absolute atomic E-state index is 0.0367. The standard InChI is InChI=1S/C28H20ClF4N3O4/c1-16-2-7-19(8-3-16)27-35-26(36-40-27)20-9-4-18(13-23(20)30)14-25(39-15-37)34-24(38)11-6-17-5-10-22(29)21(12-17)28(31,32)33/h2-13,15,25H,14H2,1H3,(H,34,38)/b11-6+. The lowest BCUT2D eigenvalue weighted by molar-refractivity contribution is -0.138. The molecule has 1 N–H and O–H groups in total. The van der Waals surface area contributed by atoms with Gasteiger partial charge in [-0.1, -0.05) is 46.6 Å². The van der Waals surface area contributed by atoms with Gasteiger partial charge >= 0.3 is 6.18 Å². The molecule has 0 aliphatic heterocycles. The van der Waals surface area contributed by atoms with Crippen molar-refractivity contribution in [3.8, 4) is 22.8 Å². The van der Waals surface area contributed by atoms with Gasteiger partial charge in [-0.2, -0.15) is 18.2 Å². The maximum atomic E-state index is 14.9. The molecular weight excluding hydrogens is 554 g/mol. The lowest BCUT2D eigenvalue weighted by Crippen LogP contribution is -2.37. The van der Waals surface area contributed by atoms with Crippen molar-refractivity contribution < 1.29 is 36.4 Å². The van der Waals surface area contributed by atoms with Crippen LogP contribution in [-0.4, -0.2) is 28.7 Å². The van der Waals surface area contributed by atoms with Crippen LogP contribution < -0.4 is 5.32 Å². The van der Waals surface area contributed by atoms with Gasteiger partial charge in [0.25, 0.3) is 12.4 Å². The van der Waals surface area contributed by atoms with E-state index in [1.165, 1.54) is 24.3 Å². The van der Waals surface area contributed by atoms with Gasteiger partial charge < -0.3 is 14.6 Å². The van der Waals surface area contributed by atoms with Crippen molar-refractivity contribution in [3.63, 3.8) is 0 Å². The number of aryl methyl sites for hydroxylation is 1. The van der Waals surface area contributed by atoms with Crippen LogP contribution in [0, 0.1) is 12.7 Å². The van der Waals surface area contributed by atoms with Crippen molar-refractivity contribution in [2.45, 2.75) is 25.7 Å². The maximum absolute atomic E-state index is 14.9. The summed E-state index contributed by atoms with van der Waals surface area (Å²) in [4.78, 5) is 27.6. The molecule has 12 heteroatoms. The number of amides is 1. The SMILES string of the molecule is Cc1ccc(-c2nc(-c3ccc(CC(NC(=O)/C=C/c4ccc(Cl)c(C(F)(F)F)c4)OC=O)cc3F)no2)cc1. The number of nitrogens with zero attached hydrogens (tertiary/aromatic N) is 2. The van der Waals surface area contributed by atoms with E-state index in [1.54, 1.807) is 12.1 Å². The van der Waals surface area contributed by atoms with E-state index in [4.69, 9.17) is 20.9 Å². The first-order valence-corrected chi connectivity index (χ1v) is 12.1. The predicted octanol–water partition coefficient (Wildman–Crippen LogP) is 6.39. The fourth-order valence-corrected chi connectivity index (χ4v) is 3.89. The number of benzene rings is 3. The van der Waals surface area contributed by atoms with Crippen LogP contribution in [0.4, 0.5) is 17.6 Å². The van der Waals surface area contributed by atoms with Crippen LogP contribution in [0.3, 0.4) is 0 Å². The summed E-state index contributed by atoms with van der Waals surface area (Å²) < 4.78 is 64.2. The number of carbonyl (C=O) groups is 2. The zero-order valence-electron chi connectivity index (χ0n) is 20.7. The Morgan fingerprint density at radius 2 is 1.88 bits per heavy atom. The normalized spacial score (nSPS) is 12.3. The van der Waals surface area contributed by atoms with Gasteiger partial charge in [-0.15, -0.1) is 0 Å². The summed E-state index contributed by atoms with van der Waals surface area (Å²) in [7, 11) is 0. The highest BCUT2D eigenvalue weighted by atomic mass is 35.5. The number of alkyl halides is 3. The molecule has 0 aliphatic carbocycles. The molecule has 0 bridgehead atoms. The van der Waals surface area contributed by atoms with Crippen LogP contribution in [0.1, 0.15) is 22.3 Å². The summed E-state index contributed by atoms with van der Waals surface area (Å²) in [6.07, 6.45) is -3.84. The fraction of sp³-hybridized carbons (Fsp3) is 0.143. The van der Waals surface area contributed by atoms with Gasteiger partial charge in [0.05, 0.1) is 16.1 Å². The Kier molecular flexibility index (Phi) is 8.64. The van der Waals surface area contributed by atoms with Gasteiger partial charge in [-0.3, -0.25) is 9.59 Å². The van der Waals surface area contributed by atoms with Gasteiger partial charge in [0.2, 0.25) is 11.7 Å². The number of aromatic nitrogens is 2. The highest BCUT2D eigenvalue weighted by Crippen LogP contribution is 2.35. The van der Waals surface area contributed by atoms with Gasteiger partial charge in [-0.05, 0) is 60.5 Å². The minimum atomic E-state index is -4.66. The van der Waals surface area contributed by atoms with Gasteiger partial charge in [0.1, 0.15) is 5.82 Å². The first-order valence-electron chi connectivity index (χ1n) is 11.7. The number of hydrogen-bond donors (Lipinski definition) is 1. The summed E-state index contributed by atoms with van der Waals surface area (Å²) in [5.74, 6) is -1.17. The molecule has 1 unspecified atom stereocenters. The molecule has 1 amide bonds. The first kappa shape index (κ1) is 28.5. The van der Waals surface area contributed by atoms with Crippen LogP contribution in [0.15, 0.2) is 71.3 Å². The second-order valence-corrected chi connectivity index (χ2v) is 9.01. The molecule has 0 aliphatic rings. The van der Waals surface area contributed by atoms with Crippen LogP contribution in [0.5, 0.6) is 0 Å². The second kappa shape index (κ2) is 12.1. The quantitative estimate of drug-likeness (QED) is 0.108. The molecule has 1 atom stereocenters. The number of halogens is 5. The van der Waals surface area contributed by atoms with Crippen molar-refractivity contribution >= 4 is 30.1 Å². The monoisotopic (exact) mass is 573 g/mol. The molecule has 0 spiro atoms. The molecule has 1 aromatic heterocycles. The number of hydrogen-bond acceptors (Lipinski definition) is 6. The molecule has 4 aromatic rings. The lowest BCUT2D eigenvalue weighted by Gasteiger charge is -2.16. The molecule has 0 saturated carbocycles. The molecule has 40 heavy (non-hydrogen) atoms. The van der Waals surface area contributed by atoms with Gasteiger partial charge in [0.15, 0.2) is 6.23 Å². The highest BCUT2D eigenvalue weighted by Gasteiger charge is 2.33. The summed E-state index contributed by atoms with van der Waals surface area (Å²) in [6.45, 7) is 2.05. The van der Waals surface area contributed by atoms with Crippen LogP contribution in [-0.2, 0) is 26.9 Å². The van der Waals surface area contributed by atoms with Crippen LogP contribution in [0.2, 0.25) is 5.02 Å². The smallest absolute Gasteiger partial charge is 0.417 e. The third kappa shape index (κ3) is 7.11. The average molecular weight is 574 g/mol. The summed E-state index contributed by atoms with van der Waals surface area (Å²) in [5.41, 5.74) is 1.20. The maximum Gasteiger partial charge on any atom is 0.417 e. The van der Waals surface area contributed by atoms with Gasteiger partial charge in [0, 0.05) is 18.1 Å². The Bertz CT molecular complexity index is 1550. The molecule has 0 fully saturated rings. The van der Waals surface area contributed by atoms with E-state index in [0.717, 1.165) is 29.8 Å². The fourth-order valence-electron chi connectivity index (χ4n) is 3.67. The van der Waals surface area contributed by atoms with Crippen LogP contribution in [0.25, 0.3) is 28.9 Å². The Balaban J connectivity index is 1.43. The van der Waals surface area contributed by atoms with E-state index in [9.17, 15) is 27.2 Å². The third-order valence-corrected chi connectivity index (χ3v) is 6.00. The van der Waals surface area contributed by atoms with Crippen molar-refractivity contribution in [2.24, 2.45) is 0 Å². The van der Waals surface area contributed by atoms with Crippen molar-refractivity contribution in [1.82, 2.24) is 15.5 Å². The molecule has 3 aromatic carbocycles. The summed E-state index contributed by atoms with van der Waals surface area (Å²) in [5, 5.41) is 5.76. The van der Waals surface area contributed by atoms with E-state index in [0.29, 0.717) is 11.1 Å². The van der Waals surface area contributed by atoms with Crippen molar-refractivity contribution in [3.05, 3.63) is 99.8 Å². The summed E-state index contributed by atoms with van der Waals surface area (Å²) in [6, 6.07) is 14.7. The molecule has 0 saturated heterocycles. The molecule has 1 heterocycles. The molecule has 206 valence electrons. The first-order chi connectivity index (χ1) is 19.0. The molecule has 0 radical (unpaired) electrons. The lowest BCUT2D eigenvalue weighted by atomic mass is 10.1. The van der Waals surface area contributed by atoms with E-state index in [1.807, 2.05) is 19.1 Å². The second-order valence-electron chi connectivity index (χ2n) is 8.61. The Hall–Kier alpha value is -4.51. The summed E-state index contributed by atoms with van der Waals surface area (Å²) >= 11 is 5.60. The average Bonchev–Trinajstić information content (AvgIpc) is 3.38. The van der Waals surface area contributed by atoms with Crippen LogP contribution >= 0.6 is 11.6 Å². The minimum Gasteiger partial charge on any atom is -0.444 e. The zero-order chi connectivity index (χ0) is 28.9. The number of rotatable bonds is 9. The molecule has 7 nitrogen and oxygen atoms in total. The predicted molar refractivity (Wildman–Crippen MR) is 138 cm³/mol. The highest BCUT2D eigenvalue weighted by molar-refractivity contribution is 6.31.